The number of aliphatic hydroxyl groups is 1. The molecule has 0 saturated carbocycles. The Labute approximate surface area is 235 Å². The zero-order valence-electron chi connectivity index (χ0n) is 24.8. The maximum absolute atomic E-state index is 12.6. The van der Waals surface area contributed by atoms with Crippen LogP contribution in [0.25, 0.3) is 0 Å². The zero-order valence-corrected chi connectivity index (χ0v) is 24.8. The minimum atomic E-state index is -0.740. The number of methoxy groups -OCH3 is 2. The number of hydrogen-bond donors (Lipinski definition) is 3. The van der Waals surface area contributed by atoms with Gasteiger partial charge in [0.05, 0.1) is 33.0 Å². The summed E-state index contributed by atoms with van der Waals surface area (Å²) in [5.41, 5.74) is 7.62. The Morgan fingerprint density at radius 3 is 2.51 bits per heavy atom. The lowest BCUT2D eigenvalue weighted by atomic mass is 9.82. The lowest BCUT2D eigenvalue weighted by molar-refractivity contribution is -0.125. The number of rotatable bonds is 19. The van der Waals surface area contributed by atoms with Gasteiger partial charge in [-0.3, -0.25) is 9.69 Å². The highest BCUT2D eigenvalue weighted by Gasteiger charge is 2.26. The Bertz CT molecular complexity index is 818. The average Bonchev–Trinajstić information content (AvgIpc) is 2.93. The second-order valence-corrected chi connectivity index (χ2v) is 11.1. The van der Waals surface area contributed by atoms with E-state index >= 15 is 0 Å². The van der Waals surface area contributed by atoms with Gasteiger partial charge < -0.3 is 35.1 Å². The SMILES string of the molecule is COCCCOc1cc(CC(CC(N)C(O)CC(C)C(=O)NCCCN2CCOCC2)C(C)C)ccc1OC. The number of hydrogen-bond acceptors (Lipinski definition) is 8. The Morgan fingerprint density at radius 1 is 1.10 bits per heavy atom. The number of nitrogens with zero attached hydrogens (tertiary/aromatic N) is 1. The van der Waals surface area contributed by atoms with Crippen molar-refractivity contribution in [2.24, 2.45) is 23.5 Å². The number of ether oxygens (including phenoxy) is 4. The van der Waals surface area contributed by atoms with E-state index < -0.39 is 12.1 Å². The van der Waals surface area contributed by atoms with E-state index in [-0.39, 0.29) is 17.7 Å². The smallest absolute Gasteiger partial charge is 0.222 e. The molecule has 0 aromatic heterocycles. The first-order chi connectivity index (χ1) is 18.7. The van der Waals surface area contributed by atoms with E-state index in [0.717, 1.165) is 63.4 Å². The normalized spacial score (nSPS) is 17.4. The van der Waals surface area contributed by atoms with Crippen LogP contribution in [-0.2, 0) is 20.7 Å². The molecule has 1 aliphatic rings. The van der Waals surface area contributed by atoms with Gasteiger partial charge in [-0.25, -0.2) is 0 Å². The fourth-order valence-corrected chi connectivity index (χ4v) is 4.90. The minimum absolute atomic E-state index is 0.0279. The van der Waals surface area contributed by atoms with Crippen LogP contribution >= 0.6 is 0 Å². The molecule has 4 unspecified atom stereocenters. The van der Waals surface area contributed by atoms with Crippen molar-refractivity contribution in [2.45, 2.75) is 65.0 Å². The molecule has 4 N–H and O–H groups in total. The monoisotopic (exact) mass is 551 g/mol. The number of amides is 1. The second-order valence-electron chi connectivity index (χ2n) is 11.1. The Kier molecular flexibility index (Phi) is 15.7. The number of carbonyl (C=O) groups excluding carboxylic acids is 1. The predicted octanol–water partition coefficient (Wildman–Crippen LogP) is 2.87. The van der Waals surface area contributed by atoms with Gasteiger partial charge in [-0.2, -0.15) is 0 Å². The van der Waals surface area contributed by atoms with Crippen LogP contribution in [0.3, 0.4) is 0 Å². The first-order valence-corrected chi connectivity index (χ1v) is 14.5. The molecule has 1 aliphatic heterocycles. The summed E-state index contributed by atoms with van der Waals surface area (Å²) in [4.78, 5) is 15.0. The molecule has 2 rings (SSSR count). The number of nitrogens with one attached hydrogen (secondary N) is 1. The Hall–Kier alpha value is -1.91. The molecule has 1 saturated heterocycles. The van der Waals surface area contributed by atoms with Gasteiger partial charge >= 0.3 is 0 Å². The van der Waals surface area contributed by atoms with Crippen LogP contribution in [0, 0.1) is 17.8 Å². The summed E-state index contributed by atoms with van der Waals surface area (Å²) >= 11 is 0. The van der Waals surface area contributed by atoms with E-state index in [1.54, 1.807) is 14.2 Å². The van der Waals surface area contributed by atoms with E-state index in [2.05, 4.69) is 30.1 Å². The van der Waals surface area contributed by atoms with Gasteiger partial charge in [0.25, 0.3) is 0 Å². The highest BCUT2D eigenvalue weighted by Crippen LogP contribution is 2.31. The van der Waals surface area contributed by atoms with E-state index in [1.807, 2.05) is 19.1 Å². The highest BCUT2D eigenvalue weighted by atomic mass is 16.5. The Morgan fingerprint density at radius 2 is 1.85 bits per heavy atom. The molecular weight excluding hydrogens is 498 g/mol. The molecule has 9 heteroatoms. The van der Waals surface area contributed by atoms with Gasteiger partial charge in [-0.05, 0) is 61.8 Å². The summed E-state index contributed by atoms with van der Waals surface area (Å²) in [6.45, 7) is 12.5. The molecule has 1 heterocycles. The maximum Gasteiger partial charge on any atom is 0.222 e. The maximum atomic E-state index is 12.6. The molecule has 224 valence electrons. The van der Waals surface area contributed by atoms with Gasteiger partial charge in [0.1, 0.15) is 0 Å². The summed E-state index contributed by atoms with van der Waals surface area (Å²) in [6.07, 6.45) is 2.80. The third kappa shape index (κ3) is 12.4. The van der Waals surface area contributed by atoms with Crippen LogP contribution in [0.15, 0.2) is 18.2 Å². The van der Waals surface area contributed by atoms with Crippen molar-refractivity contribution in [3.05, 3.63) is 23.8 Å². The quantitative estimate of drug-likeness (QED) is 0.225. The average molecular weight is 552 g/mol. The summed E-state index contributed by atoms with van der Waals surface area (Å²) in [5, 5.41) is 13.9. The second kappa shape index (κ2) is 18.4. The van der Waals surface area contributed by atoms with Crippen molar-refractivity contribution in [1.29, 1.82) is 0 Å². The molecule has 39 heavy (non-hydrogen) atoms. The van der Waals surface area contributed by atoms with E-state index in [9.17, 15) is 9.90 Å². The van der Waals surface area contributed by atoms with Gasteiger partial charge in [0.2, 0.25) is 5.91 Å². The van der Waals surface area contributed by atoms with Crippen LogP contribution < -0.4 is 20.5 Å². The largest absolute Gasteiger partial charge is 0.493 e. The van der Waals surface area contributed by atoms with Gasteiger partial charge in [-0.15, -0.1) is 0 Å². The molecule has 9 nitrogen and oxygen atoms in total. The fourth-order valence-electron chi connectivity index (χ4n) is 4.90. The molecular formula is C30H53N3O6. The van der Waals surface area contributed by atoms with Gasteiger partial charge in [0, 0.05) is 51.7 Å². The molecule has 0 aliphatic carbocycles. The van der Waals surface area contributed by atoms with Crippen LogP contribution in [0.5, 0.6) is 11.5 Å². The molecule has 0 radical (unpaired) electrons. The molecule has 1 aromatic carbocycles. The number of morpholine rings is 1. The summed E-state index contributed by atoms with van der Waals surface area (Å²) in [5.74, 6) is 1.75. The first-order valence-electron chi connectivity index (χ1n) is 14.5. The molecule has 4 atom stereocenters. The van der Waals surface area contributed by atoms with Gasteiger partial charge in [0.15, 0.2) is 11.5 Å². The number of nitrogens with two attached hydrogens (primary N) is 1. The molecule has 0 spiro atoms. The highest BCUT2D eigenvalue weighted by molar-refractivity contribution is 5.78. The molecule has 1 amide bonds. The minimum Gasteiger partial charge on any atom is -0.493 e. The third-order valence-corrected chi connectivity index (χ3v) is 7.58. The standard InChI is InChI=1S/C30H53N3O6/c1-22(2)25(19-24-8-9-28(37-5)29(20-24)39-15-7-14-36-4)21-26(31)27(34)18-23(3)30(35)32-10-6-11-33-12-16-38-17-13-33/h8-9,20,22-23,25-27,34H,6-7,10-19,21,31H2,1-5H3,(H,32,35). The lowest BCUT2D eigenvalue weighted by Crippen LogP contribution is -2.41. The van der Waals surface area contributed by atoms with Crippen molar-refractivity contribution in [1.82, 2.24) is 10.2 Å². The van der Waals surface area contributed by atoms with Crippen molar-refractivity contribution in [3.8, 4) is 11.5 Å². The predicted molar refractivity (Wildman–Crippen MR) is 154 cm³/mol. The van der Waals surface area contributed by atoms with Crippen molar-refractivity contribution < 1.29 is 28.8 Å². The van der Waals surface area contributed by atoms with Crippen LogP contribution in [0.4, 0.5) is 0 Å². The van der Waals surface area contributed by atoms with Crippen molar-refractivity contribution in [3.63, 3.8) is 0 Å². The van der Waals surface area contributed by atoms with E-state index in [4.69, 9.17) is 24.7 Å². The number of benzene rings is 1. The zero-order chi connectivity index (χ0) is 28.6. The van der Waals surface area contributed by atoms with Crippen molar-refractivity contribution >= 4 is 5.91 Å². The van der Waals surface area contributed by atoms with E-state index in [1.165, 1.54) is 0 Å². The molecule has 0 bridgehead atoms. The molecule has 1 aromatic rings. The van der Waals surface area contributed by atoms with E-state index in [0.29, 0.717) is 44.3 Å². The van der Waals surface area contributed by atoms with Crippen molar-refractivity contribution in [2.75, 3.05) is 66.8 Å². The van der Waals surface area contributed by atoms with Gasteiger partial charge in [-0.1, -0.05) is 26.8 Å². The topological polar surface area (TPSA) is 116 Å². The number of aliphatic hydroxyl groups excluding tert-OH is 1. The summed E-state index contributed by atoms with van der Waals surface area (Å²) in [7, 11) is 3.32. The van der Waals surface area contributed by atoms with Crippen LogP contribution in [0.1, 0.15) is 52.0 Å². The summed E-state index contributed by atoms with van der Waals surface area (Å²) < 4.78 is 21.9. The first kappa shape index (κ1) is 33.3. The Balaban J connectivity index is 1.82. The van der Waals surface area contributed by atoms with Crippen LogP contribution in [-0.4, -0.2) is 94.9 Å². The third-order valence-electron chi connectivity index (χ3n) is 7.58. The lowest BCUT2D eigenvalue weighted by Gasteiger charge is -2.28. The fraction of sp³-hybridized carbons (Fsp3) is 0.767. The molecule has 1 fully saturated rings. The summed E-state index contributed by atoms with van der Waals surface area (Å²) in [6, 6.07) is 5.63. The van der Waals surface area contributed by atoms with Crippen LogP contribution in [0.2, 0.25) is 0 Å². The number of carbonyl (C=O) groups is 1.